The summed E-state index contributed by atoms with van der Waals surface area (Å²) >= 11 is 0. The standard InChI is InChI=1S/C11H19NO3/c1-2-11(7-15-8-11)3-4-12-5-9(6-12)10(13)14/h9H,2-8H2,1H3,(H,13,14). The summed E-state index contributed by atoms with van der Waals surface area (Å²) < 4.78 is 5.26. The molecule has 0 bridgehead atoms. The van der Waals surface area contributed by atoms with E-state index in [1.54, 1.807) is 0 Å². The van der Waals surface area contributed by atoms with Crippen LogP contribution in [0.25, 0.3) is 0 Å². The average molecular weight is 213 g/mol. The van der Waals surface area contributed by atoms with Crippen LogP contribution in [0.5, 0.6) is 0 Å². The van der Waals surface area contributed by atoms with Crippen molar-refractivity contribution in [3.05, 3.63) is 0 Å². The van der Waals surface area contributed by atoms with Crippen molar-refractivity contribution in [3.63, 3.8) is 0 Å². The molecule has 0 aliphatic carbocycles. The molecular weight excluding hydrogens is 194 g/mol. The van der Waals surface area contributed by atoms with E-state index in [0.717, 1.165) is 39.3 Å². The average Bonchev–Trinajstić information content (AvgIpc) is 2.05. The molecular formula is C11H19NO3. The summed E-state index contributed by atoms with van der Waals surface area (Å²) in [4.78, 5) is 12.8. The number of hydrogen-bond acceptors (Lipinski definition) is 3. The zero-order valence-corrected chi connectivity index (χ0v) is 9.24. The summed E-state index contributed by atoms with van der Waals surface area (Å²) in [6.07, 6.45) is 2.32. The van der Waals surface area contributed by atoms with Gasteiger partial charge in [0.1, 0.15) is 0 Å². The summed E-state index contributed by atoms with van der Waals surface area (Å²) in [6.45, 7) is 6.48. The molecule has 2 heterocycles. The second-order valence-electron chi connectivity index (χ2n) is 4.89. The van der Waals surface area contributed by atoms with Crippen LogP contribution in [0.3, 0.4) is 0 Å². The van der Waals surface area contributed by atoms with Crippen molar-refractivity contribution in [1.29, 1.82) is 0 Å². The number of likely N-dealkylation sites (tertiary alicyclic amines) is 1. The molecule has 2 rings (SSSR count). The van der Waals surface area contributed by atoms with Gasteiger partial charge < -0.3 is 14.7 Å². The molecule has 0 atom stereocenters. The van der Waals surface area contributed by atoms with Crippen LogP contribution in [0, 0.1) is 11.3 Å². The Hall–Kier alpha value is -0.610. The second-order valence-corrected chi connectivity index (χ2v) is 4.89. The lowest BCUT2D eigenvalue weighted by Gasteiger charge is -2.44. The fraction of sp³-hybridized carbons (Fsp3) is 0.909. The maximum Gasteiger partial charge on any atom is 0.309 e. The Balaban J connectivity index is 1.65. The van der Waals surface area contributed by atoms with Crippen molar-refractivity contribution < 1.29 is 14.6 Å². The minimum atomic E-state index is -0.650. The maximum absolute atomic E-state index is 10.6. The SMILES string of the molecule is CCC1(CCN2CC(C(=O)O)C2)COC1. The Morgan fingerprint density at radius 2 is 2.20 bits per heavy atom. The van der Waals surface area contributed by atoms with Gasteiger partial charge in [0.05, 0.1) is 19.1 Å². The number of carbonyl (C=O) groups is 1. The minimum absolute atomic E-state index is 0.125. The highest BCUT2D eigenvalue weighted by Crippen LogP contribution is 2.35. The molecule has 0 saturated carbocycles. The molecule has 1 N–H and O–H groups in total. The minimum Gasteiger partial charge on any atom is -0.481 e. The van der Waals surface area contributed by atoms with E-state index in [4.69, 9.17) is 9.84 Å². The third kappa shape index (κ3) is 2.16. The number of carboxylic acids is 1. The van der Waals surface area contributed by atoms with Gasteiger partial charge in [-0.15, -0.1) is 0 Å². The van der Waals surface area contributed by atoms with E-state index in [1.165, 1.54) is 6.42 Å². The lowest BCUT2D eigenvalue weighted by Crippen LogP contribution is -2.52. The predicted octanol–water partition coefficient (Wildman–Crippen LogP) is 0.820. The highest BCUT2D eigenvalue weighted by atomic mass is 16.5. The molecule has 0 aromatic heterocycles. The first kappa shape index (κ1) is 10.9. The highest BCUT2D eigenvalue weighted by Gasteiger charge is 2.39. The van der Waals surface area contributed by atoms with Gasteiger partial charge in [0.25, 0.3) is 0 Å². The van der Waals surface area contributed by atoms with Crippen LogP contribution in [0.1, 0.15) is 19.8 Å². The third-order valence-electron chi connectivity index (χ3n) is 3.83. The van der Waals surface area contributed by atoms with Gasteiger partial charge in [-0.2, -0.15) is 0 Å². The van der Waals surface area contributed by atoms with Gasteiger partial charge in [-0.1, -0.05) is 6.92 Å². The van der Waals surface area contributed by atoms with Crippen LogP contribution >= 0.6 is 0 Å². The summed E-state index contributed by atoms with van der Waals surface area (Å²) in [5.41, 5.74) is 0.397. The normalized spacial score (nSPS) is 25.7. The molecule has 0 amide bonds. The predicted molar refractivity (Wildman–Crippen MR) is 55.7 cm³/mol. The summed E-state index contributed by atoms with van der Waals surface area (Å²) in [5, 5.41) is 8.74. The zero-order valence-electron chi connectivity index (χ0n) is 9.24. The number of nitrogens with zero attached hydrogens (tertiary/aromatic N) is 1. The molecule has 15 heavy (non-hydrogen) atoms. The van der Waals surface area contributed by atoms with Crippen molar-refractivity contribution >= 4 is 5.97 Å². The molecule has 0 aromatic rings. The van der Waals surface area contributed by atoms with Crippen molar-refractivity contribution in [1.82, 2.24) is 4.90 Å². The summed E-state index contributed by atoms with van der Waals surface area (Å²) in [7, 11) is 0. The van der Waals surface area contributed by atoms with Crippen molar-refractivity contribution in [2.24, 2.45) is 11.3 Å². The molecule has 4 nitrogen and oxygen atoms in total. The second kappa shape index (κ2) is 4.10. The van der Waals surface area contributed by atoms with Crippen LogP contribution in [-0.4, -0.2) is 48.8 Å². The zero-order chi connectivity index (χ0) is 10.9. The molecule has 0 spiro atoms. The first-order chi connectivity index (χ1) is 7.15. The molecule has 86 valence electrons. The molecule has 0 aromatic carbocycles. The van der Waals surface area contributed by atoms with Crippen LogP contribution in [0.4, 0.5) is 0 Å². The fourth-order valence-corrected chi connectivity index (χ4v) is 2.22. The monoisotopic (exact) mass is 213 g/mol. The van der Waals surface area contributed by atoms with E-state index in [1.807, 2.05) is 0 Å². The Morgan fingerprint density at radius 3 is 2.60 bits per heavy atom. The molecule has 0 unspecified atom stereocenters. The van der Waals surface area contributed by atoms with Crippen LogP contribution in [0.2, 0.25) is 0 Å². The van der Waals surface area contributed by atoms with Crippen LogP contribution in [-0.2, 0) is 9.53 Å². The van der Waals surface area contributed by atoms with E-state index in [9.17, 15) is 4.79 Å². The van der Waals surface area contributed by atoms with Crippen molar-refractivity contribution in [2.45, 2.75) is 19.8 Å². The Kier molecular flexibility index (Phi) is 2.98. The van der Waals surface area contributed by atoms with E-state index in [-0.39, 0.29) is 5.92 Å². The lowest BCUT2D eigenvalue weighted by atomic mass is 9.79. The van der Waals surface area contributed by atoms with E-state index >= 15 is 0 Å². The van der Waals surface area contributed by atoms with E-state index in [0.29, 0.717) is 5.41 Å². The number of ether oxygens (including phenoxy) is 1. The van der Waals surface area contributed by atoms with Gasteiger partial charge in [0.15, 0.2) is 0 Å². The Bertz CT molecular complexity index is 239. The topological polar surface area (TPSA) is 49.8 Å². The molecule has 2 aliphatic rings. The highest BCUT2D eigenvalue weighted by molar-refractivity contribution is 5.71. The summed E-state index contributed by atoms with van der Waals surface area (Å²) in [5.74, 6) is -0.774. The van der Waals surface area contributed by atoms with Gasteiger partial charge >= 0.3 is 5.97 Å². The van der Waals surface area contributed by atoms with Gasteiger partial charge in [-0.3, -0.25) is 4.79 Å². The first-order valence-electron chi connectivity index (χ1n) is 5.68. The Labute approximate surface area is 90.2 Å². The van der Waals surface area contributed by atoms with E-state index in [2.05, 4.69) is 11.8 Å². The number of aliphatic carboxylic acids is 1. The maximum atomic E-state index is 10.6. The lowest BCUT2D eigenvalue weighted by molar-refractivity contribution is -0.149. The van der Waals surface area contributed by atoms with Gasteiger partial charge in [-0.05, 0) is 19.4 Å². The number of carboxylic acid groups (broad SMARTS) is 1. The smallest absolute Gasteiger partial charge is 0.309 e. The largest absolute Gasteiger partial charge is 0.481 e. The molecule has 2 saturated heterocycles. The van der Waals surface area contributed by atoms with Gasteiger partial charge in [0, 0.05) is 18.5 Å². The van der Waals surface area contributed by atoms with Crippen LogP contribution in [0.15, 0.2) is 0 Å². The quantitative estimate of drug-likeness (QED) is 0.734. The van der Waals surface area contributed by atoms with Crippen molar-refractivity contribution in [2.75, 3.05) is 32.8 Å². The van der Waals surface area contributed by atoms with Crippen LogP contribution < -0.4 is 0 Å². The van der Waals surface area contributed by atoms with Crippen molar-refractivity contribution in [3.8, 4) is 0 Å². The third-order valence-corrected chi connectivity index (χ3v) is 3.83. The Morgan fingerprint density at radius 1 is 1.53 bits per heavy atom. The molecule has 2 aliphatic heterocycles. The molecule has 4 heteroatoms. The number of rotatable bonds is 5. The summed E-state index contributed by atoms with van der Waals surface area (Å²) in [6, 6.07) is 0. The molecule has 2 fully saturated rings. The first-order valence-corrected chi connectivity index (χ1v) is 5.68. The van der Waals surface area contributed by atoms with Gasteiger partial charge in [0.2, 0.25) is 0 Å². The van der Waals surface area contributed by atoms with E-state index < -0.39 is 5.97 Å². The van der Waals surface area contributed by atoms with Gasteiger partial charge in [-0.25, -0.2) is 0 Å². The number of hydrogen-bond donors (Lipinski definition) is 1. The molecule has 0 radical (unpaired) electrons. The fourth-order valence-electron chi connectivity index (χ4n) is 2.22.